The molecule has 2 aromatic carbocycles. The average Bonchev–Trinajstić information content (AvgIpc) is 2.76. The Morgan fingerprint density at radius 2 is 1.91 bits per heavy atom. The normalized spacial score (nSPS) is 18.0. The molecule has 9 heteroatoms. The lowest BCUT2D eigenvalue weighted by atomic mass is 9.93. The topological polar surface area (TPSA) is 65.3 Å². The van der Waals surface area contributed by atoms with Crippen LogP contribution in [0.2, 0.25) is 10.0 Å². The number of aryl methyl sites for hydroxylation is 1. The van der Waals surface area contributed by atoms with Gasteiger partial charge < -0.3 is 4.90 Å². The number of amides is 2. The van der Waals surface area contributed by atoms with Crippen molar-refractivity contribution in [2.45, 2.75) is 58.2 Å². The molecule has 0 spiro atoms. The zero-order valence-electron chi connectivity index (χ0n) is 20.4. The molecule has 35 heavy (non-hydrogen) atoms. The van der Waals surface area contributed by atoms with Crippen LogP contribution in [0.4, 0.5) is 10.5 Å². The number of benzene rings is 2. The molecule has 2 aromatic rings. The number of fused-ring (bicyclic) bond motifs is 1. The van der Waals surface area contributed by atoms with Gasteiger partial charge in [0.25, 0.3) is 0 Å². The van der Waals surface area contributed by atoms with E-state index in [0.717, 1.165) is 64.4 Å². The van der Waals surface area contributed by atoms with E-state index in [1.165, 1.54) is 6.92 Å². The number of nitrogens with zero attached hydrogens (tertiary/aromatic N) is 4. The van der Waals surface area contributed by atoms with Crippen LogP contribution in [-0.2, 0) is 11.2 Å². The van der Waals surface area contributed by atoms with Crippen LogP contribution in [0, 0.1) is 0 Å². The summed E-state index contributed by atoms with van der Waals surface area (Å²) >= 11 is 13.9. The van der Waals surface area contributed by atoms with Gasteiger partial charge in [-0.3, -0.25) is 14.6 Å². The van der Waals surface area contributed by atoms with Gasteiger partial charge in [-0.1, -0.05) is 29.3 Å². The molecule has 0 aromatic heterocycles. The maximum atomic E-state index is 12.4. The monoisotopic (exact) mass is 530 g/mol. The number of halogens is 2. The first-order valence-corrected chi connectivity index (χ1v) is 13.1. The van der Waals surface area contributed by atoms with E-state index in [1.807, 2.05) is 45.9 Å². The number of hydrogen-bond acceptors (Lipinski definition) is 5. The summed E-state index contributed by atoms with van der Waals surface area (Å²) < 4.78 is -0.563. The summed E-state index contributed by atoms with van der Waals surface area (Å²) in [5, 5.41) is 6.19. The zero-order valence-corrected chi connectivity index (χ0v) is 22.8. The van der Waals surface area contributed by atoms with Crippen molar-refractivity contribution in [3.63, 3.8) is 0 Å². The fourth-order valence-corrected chi connectivity index (χ4v) is 5.78. The van der Waals surface area contributed by atoms with Gasteiger partial charge in [0.15, 0.2) is 0 Å². The Kier molecular flexibility index (Phi) is 7.32. The standard InChI is InChI=1S/C26H28Cl2N4O2S/c1-15(2)29-24(20-10-9-19(27)14-21(20)28)31-12-6-7-17-13-18(8-11-22(17)31)23-26(4,5)35-25(34)32(30-23)16(3)33/h8-11,13-15H,6-7,12H2,1-5H3/b29-24-. The number of aliphatic imine (C=N–C) groups is 1. The number of hydrogen-bond donors (Lipinski definition) is 0. The van der Waals surface area contributed by atoms with Gasteiger partial charge in [-0.25, -0.2) is 0 Å². The molecule has 0 saturated carbocycles. The Morgan fingerprint density at radius 1 is 1.17 bits per heavy atom. The Balaban J connectivity index is 1.79. The second-order valence-corrected chi connectivity index (χ2v) is 11.8. The van der Waals surface area contributed by atoms with Gasteiger partial charge in [-0.05, 0) is 93.8 Å². The van der Waals surface area contributed by atoms with Gasteiger partial charge in [-0.2, -0.15) is 10.1 Å². The van der Waals surface area contributed by atoms with Gasteiger partial charge in [0.1, 0.15) is 5.84 Å². The predicted octanol–water partition coefficient (Wildman–Crippen LogP) is 6.80. The molecular weight excluding hydrogens is 503 g/mol. The molecular formula is C26H28Cl2N4O2S. The lowest BCUT2D eigenvalue weighted by molar-refractivity contribution is -0.125. The molecule has 184 valence electrons. The second-order valence-electron chi connectivity index (χ2n) is 9.43. The molecule has 2 aliphatic rings. The lowest BCUT2D eigenvalue weighted by Gasteiger charge is -2.35. The molecule has 2 amide bonds. The van der Waals surface area contributed by atoms with Crippen LogP contribution in [0.1, 0.15) is 57.7 Å². The third kappa shape index (κ3) is 5.27. The number of rotatable bonds is 3. The molecule has 0 N–H and O–H groups in total. The maximum Gasteiger partial charge on any atom is 0.309 e. The minimum atomic E-state index is -0.563. The van der Waals surface area contributed by atoms with Crippen molar-refractivity contribution in [2.24, 2.45) is 10.1 Å². The third-order valence-electron chi connectivity index (χ3n) is 5.86. The van der Waals surface area contributed by atoms with Crippen molar-refractivity contribution in [2.75, 3.05) is 11.4 Å². The van der Waals surface area contributed by atoms with Crippen molar-refractivity contribution >= 4 is 63.3 Å². The lowest BCUT2D eigenvalue weighted by Crippen LogP contribution is -2.43. The van der Waals surface area contributed by atoms with Gasteiger partial charge in [-0.15, -0.1) is 0 Å². The highest BCUT2D eigenvalue weighted by molar-refractivity contribution is 8.15. The van der Waals surface area contributed by atoms with Gasteiger partial charge in [0.05, 0.1) is 15.5 Å². The zero-order chi connectivity index (χ0) is 25.5. The number of carbonyl (C=O) groups excluding carboxylic acids is 2. The summed E-state index contributed by atoms with van der Waals surface area (Å²) in [5.41, 5.74) is 4.66. The summed E-state index contributed by atoms with van der Waals surface area (Å²) in [5.74, 6) is 0.420. The first kappa shape index (κ1) is 25.7. The quantitative estimate of drug-likeness (QED) is 0.323. The maximum absolute atomic E-state index is 12.4. The predicted molar refractivity (Wildman–Crippen MR) is 146 cm³/mol. The van der Waals surface area contributed by atoms with E-state index in [2.05, 4.69) is 22.1 Å². The van der Waals surface area contributed by atoms with Crippen LogP contribution < -0.4 is 4.90 Å². The van der Waals surface area contributed by atoms with Crippen molar-refractivity contribution in [3.05, 3.63) is 63.1 Å². The number of anilines is 1. The summed E-state index contributed by atoms with van der Waals surface area (Å²) in [6.45, 7) is 10.1. The summed E-state index contributed by atoms with van der Waals surface area (Å²) in [6, 6.07) is 11.8. The molecule has 4 rings (SSSR count). The molecule has 0 aliphatic carbocycles. The van der Waals surface area contributed by atoms with E-state index >= 15 is 0 Å². The first-order chi connectivity index (χ1) is 16.5. The van der Waals surface area contributed by atoms with Crippen molar-refractivity contribution in [1.82, 2.24) is 5.01 Å². The minimum absolute atomic E-state index is 0.0749. The molecule has 0 saturated heterocycles. The van der Waals surface area contributed by atoms with Crippen LogP contribution in [0.15, 0.2) is 46.5 Å². The van der Waals surface area contributed by atoms with E-state index in [-0.39, 0.29) is 11.3 Å². The fraction of sp³-hybridized carbons (Fsp3) is 0.385. The largest absolute Gasteiger partial charge is 0.326 e. The molecule has 0 radical (unpaired) electrons. The van der Waals surface area contributed by atoms with Crippen molar-refractivity contribution in [1.29, 1.82) is 0 Å². The van der Waals surface area contributed by atoms with Gasteiger partial charge in [0, 0.05) is 35.8 Å². The Hall–Kier alpha value is -2.35. The highest BCUT2D eigenvalue weighted by atomic mass is 35.5. The highest BCUT2D eigenvalue weighted by Gasteiger charge is 2.39. The van der Waals surface area contributed by atoms with Crippen molar-refractivity contribution < 1.29 is 9.59 Å². The van der Waals surface area contributed by atoms with E-state index < -0.39 is 10.7 Å². The Labute approximate surface area is 220 Å². The molecule has 2 heterocycles. The SMILES string of the molecule is CC(=O)N1N=C(c2ccc3c(c2)CCCN3/C(=N\C(C)C)c2ccc(Cl)cc2Cl)C(C)(C)SC1=O. The van der Waals surface area contributed by atoms with Gasteiger partial charge in [0.2, 0.25) is 5.91 Å². The highest BCUT2D eigenvalue weighted by Crippen LogP contribution is 2.38. The third-order valence-corrected chi connectivity index (χ3v) is 7.46. The number of amidine groups is 1. The number of carbonyl (C=O) groups is 2. The molecule has 0 unspecified atom stereocenters. The van der Waals surface area contributed by atoms with Crippen LogP contribution in [0.3, 0.4) is 0 Å². The van der Waals surface area contributed by atoms with E-state index in [0.29, 0.717) is 15.8 Å². The summed E-state index contributed by atoms with van der Waals surface area (Å²) in [7, 11) is 0. The molecule has 0 atom stereocenters. The summed E-state index contributed by atoms with van der Waals surface area (Å²) in [6.07, 6.45) is 1.85. The molecule has 2 aliphatic heterocycles. The van der Waals surface area contributed by atoms with Crippen LogP contribution in [0.25, 0.3) is 0 Å². The number of imide groups is 1. The molecule has 0 bridgehead atoms. The first-order valence-electron chi connectivity index (χ1n) is 11.5. The van der Waals surface area contributed by atoms with E-state index in [9.17, 15) is 9.59 Å². The van der Waals surface area contributed by atoms with Gasteiger partial charge >= 0.3 is 5.24 Å². The second kappa shape index (κ2) is 9.96. The Bertz CT molecular complexity index is 1260. The smallest absolute Gasteiger partial charge is 0.309 e. The Morgan fingerprint density at radius 3 is 2.57 bits per heavy atom. The van der Waals surface area contributed by atoms with E-state index in [4.69, 9.17) is 28.2 Å². The number of thioether (sulfide) groups is 1. The summed E-state index contributed by atoms with van der Waals surface area (Å²) in [4.78, 5) is 31.5. The average molecular weight is 532 g/mol. The molecule has 6 nitrogen and oxygen atoms in total. The van der Waals surface area contributed by atoms with Crippen LogP contribution >= 0.6 is 35.0 Å². The van der Waals surface area contributed by atoms with Crippen LogP contribution in [-0.4, -0.2) is 45.0 Å². The minimum Gasteiger partial charge on any atom is -0.326 e. The fourth-order valence-electron chi connectivity index (χ4n) is 4.34. The van der Waals surface area contributed by atoms with Crippen LogP contribution in [0.5, 0.6) is 0 Å². The number of hydrazone groups is 1. The van der Waals surface area contributed by atoms with Crippen molar-refractivity contribution in [3.8, 4) is 0 Å². The molecule has 0 fully saturated rings. The van der Waals surface area contributed by atoms with E-state index in [1.54, 1.807) is 6.07 Å².